The molecule has 1 aromatic carbocycles. The van der Waals surface area contributed by atoms with Crippen molar-refractivity contribution in [2.24, 2.45) is 5.73 Å². The molecule has 0 bridgehead atoms. The van der Waals surface area contributed by atoms with Crippen LogP contribution in [0.3, 0.4) is 0 Å². The van der Waals surface area contributed by atoms with Crippen LogP contribution in [0.15, 0.2) is 54.0 Å². The molecular formula is C16H15N3S. The first-order valence-electron chi connectivity index (χ1n) is 6.49. The highest BCUT2D eigenvalue weighted by Gasteiger charge is 2.09. The van der Waals surface area contributed by atoms with Gasteiger partial charge in [-0.1, -0.05) is 30.3 Å². The fraction of sp³-hybridized carbons (Fsp3) is 0.125. The maximum Gasteiger partial charge on any atom is 0.123 e. The molecule has 3 rings (SSSR count). The van der Waals surface area contributed by atoms with E-state index in [-0.39, 0.29) is 0 Å². The summed E-state index contributed by atoms with van der Waals surface area (Å²) < 4.78 is 0. The van der Waals surface area contributed by atoms with Gasteiger partial charge in [-0.25, -0.2) is 4.98 Å². The quantitative estimate of drug-likeness (QED) is 0.798. The number of aromatic nitrogens is 2. The van der Waals surface area contributed by atoms with Crippen molar-refractivity contribution >= 4 is 11.3 Å². The van der Waals surface area contributed by atoms with Gasteiger partial charge in [-0.05, 0) is 17.7 Å². The summed E-state index contributed by atoms with van der Waals surface area (Å²) in [6.07, 6.45) is 2.58. The molecule has 0 fully saturated rings. The first-order valence-corrected chi connectivity index (χ1v) is 7.37. The number of hydrogen-bond donors (Lipinski definition) is 1. The Hall–Kier alpha value is -2.04. The molecule has 20 heavy (non-hydrogen) atoms. The van der Waals surface area contributed by atoms with Gasteiger partial charge in [-0.2, -0.15) is 0 Å². The van der Waals surface area contributed by atoms with Gasteiger partial charge in [0.05, 0.1) is 5.69 Å². The zero-order valence-electron chi connectivity index (χ0n) is 11.0. The third kappa shape index (κ3) is 2.76. The summed E-state index contributed by atoms with van der Waals surface area (Å²) in [7, 11) is 0. The van der Waals surface area contributed by atoms with Crippen LogP contribution in [-0.2, 0) is 13.0 Å². The zero-order valence-corrected chi connectivity index (χ0v) is 11.8. The van der Waals surface area contributed by atoms with Gasteiger partial charge in [-0.15, -0.1) is 11.3 Å². The summed E-state index contributed by atoms with van der Waals surface area (Å²) in [4.78, 5) is 9.04. The summed E-state index contributed by atoms with van der Waals surface area (Å²) in [6, 6.07) is 14.1. The molecule has 4 heteroatoms. The highest BCUT2D eigenvalue weighted by molar-refractivity contribution is 7.13. The van der Waals surface area contributed by atoms with E-state index in [1.54, 1.807) is 11.3 Å². The normalized spacial score (nSPS) is 10.7. The van der Waals surface area contributed by atoms with Crippen molar-refractivity contribution in [3.8, 4) is 10.6 Å². The van der Waals surface area contributed by atoms with Crippen LogP contribution < -0.4 is 5.73 Å². The van der Waals surface area contributed by atoms with Crippen LogP contribution in [0.5, 0.6) is 0 Å². The van der Waals surface area contributed by atoms with E-state index in [0.29, 0.717) is 6.54 Å². The molecule has 2 aromatic heterocycles. The first-order chi connectivity index (χ1) is 9.86. The highest BCUT2D eigenvalue weighted by Crippen LogP contribution is 2.27. The second-order valence-corrected chi connectivity index (χ2v) is 5.36. The molecule has 0 aliphatic carbocycles. The Balaban J connectivity index is 1.87. The van der Waals surface area contributed by atoms with Crippen molar-refractivity contribution in [1.29, 1.82) is 0 Å². The number of nitrogens with two attached hydrogens (primary N) is 1. The molecule has 0 amide bonds. The number of thiazole rings is 1. The van der Waals surface area contributed by atoms with E-state index in [1.807, 2.05) is 36.5 Å². The van der Waals surface area contributed by atoms with Crippen LogP contribution >= 0.6 is 11.3 Å². The maximum atomic E-state index is 5.79. The minimum Gasteiger partial charge on any atom is -0.326 e. The van der Waals surface area contributed by atoms with Crippen LogP contribution in [0.25, 0.3) is 10.6 Å². The van der Waals surface area contributed by atoms with Crippen LogP contribution in [0.4, 0.5) is 0 Å². The Morgan fingerprint density at radius 3 is 2.65 bits per heavy atom. The lowest BCUT2D eigenvalue weighted by Gasteiger charge is -2.03. The fourth-order valence-electron chi connectivity index (χ4n) is 2.11. The monoisotopic (exact) mass is 281 g/mol. The smallest absolute Gasteiger partial charge is 0.123 e. The third-order valence-electron chi connectivity index (χ3n) is 3.11. The van der Waals surface area contributed by atoms with E-state index in [4.69, 9.17) is 10.7 Å². The Bertz CT molecular complexity index is 692. The van der Waals surface area contributed by atoms with Crippen molar-refractivity contribution in [3.63, 3.8) is 0 Å². The molecule has 0 saturated carbocycles. The standard InChI is InChI=1S/C16H15N3S/c17-10-12-5-1-2-7-15(12)16-19-14(11-20-16)9-13-6-3-4-8-18-13/h1-8,11H,9-10,17H2. The average Bonchev–Trinajstić information content (AvgIpc) is 2.96. The second kappa shape index (κ2) is 5.94. The fourth-order valence-corrected chi connectivity index (χ4v) is 2.99. The van der Waals surface area contributed by atoms with Gasteiger partial charge < -0.3 is 5.73 Å². The Labute approximate surface area is 122 Å². The molecule has 3 nitrogen and oxygen atoms in total. The van der Waals surface area contributed by atoms with Crippen molar-refractivity contribution < 1.29 is 0 Å². The SMILES string of the molecule is NCc1ccccc1-c1nc(Cc2ccccn2)cs1. The third-order valence-corrected chi connectivity index (χ3v) is 4.03. The summed E-state index contributed by atoms with van der Waals surface area (Å²) in [5.74, 6) is 0. The molecule has 0 unspecified atom stereocenters. The molecule has 2 N–H and O–H groups in total. The largest absolute Gasteiger partial charge is 0.326 e. The Morgan fingerprint density at radius 2 is 1.85 bits per heavy atom. The molecule has 0 saturated heterocycles. The van der Waals surface area contributed by atoms with Crippen LogP contribution in [0.1, 0.15) is 17.0 Å². The average molecular weight is 281 g/mol. The number of pyridine rings is 1. The lowest BCUT2D eigenvalue weighted by Crippen LogP contribution is -1.98. The maximum absolute atomic E-state index is 5.79. The van der Waals surface area contributed by atoms with E-state index < -0.39 is 0 Å². The van der Waals surface area contributed by atoms with E-state index in [9.17, 15) is 0 Å². The number of rotatable bonds is 4. The highest BCUT2D eigenvalue weighted by atomic mass is 32.1. The van der Waals surface area contributed by atoms with Gasteiger partial charge in [0.15, 0.2) is 0 Å². The van der Waals surface area contributed by atoms with Gasteiger partial charge in [0, 0.05) is 35.8 Å². The Kier molecular flexibility index (Phi) is 3.85. The van der Waals surface area contributed by atoms with E-state index in [1.165, 1.54) is 0 Å². The van der Waals surface area contributed by atoms with Crippen molar-refractivity contribution in [1.82, 2.24) is 9.97 Å². The predicted octanol–water partition coefficient (Wildman–Crippen LogP) is 3.25. The van der Waals surface area contributed by atoms with Gasteiger partial charge in [-0.3, -0.25) is 4.98 Å². The minimum atomic E-state index is 0.533. The van der Waals surface area contributed by atoms with Gasteiger partial charge in [0.1, 0.15) is 5.01 Å². The number of hydrogen-bond acceptors (Lipinski definition) is 4. The summed E-state index contributed by atoms with van der Waals surface area (Å²) in [5.41, 5.74) is 10.1. The molecule has 3 aromatic rings. The molecule has 0 aliphatic rings. The van der Waals surface area contributed by atoms with Crippen LogP contribution in [0, 0.1) is 0 Å². The minimum absolute atomic E-state index is 0.533. The summed E-state index contributed by atoms with van der Waals surface area (Å²) in [6.45, 7) is 0.533. The topological polar surface area (TPSA) is 51.8 Å². The molecule has 0 radical (unpaired) electrons. The van der Waals surface area contributed by atoms with Gasteiger partial charge in [0.25, 0.3) is 0 Å². The van der Waals surface area contributed by atoms with E-state index in [0.717, 1.165) is 33.9 Å². The van der Waals surface area contributed by atoms with Gasteiger partial charge >= 0.3 is 0 Å². The van der Waals surface area contributed by atoms with Crippen molar-refractivity contribution in [2.75, 3.05) is 0 Å². The molecule has 0 atom stereocenters. The Morgan fingerprint density at radius 1 is 1.00 bits per heavy atom. The zero-order chi connectivity index (χ0) is 13.8. The molecular weight excluding hydrogens is 266 g/mol. The van der Waals surface area contributed by atoms with E-state index >= 15 is 0 Å². The van der Waals surface area contributed by atoms with Crippen molar-refractivity contribution in [2.45, 2.75) is 13.0 Å². The molecule has 0 spiro atoms. The van der Waals surface area contributed by atoms with Crippen LogP contribution in [0.2, 0.25) is 0 Å². The van der Waals surface area contributed by atoms with Crippen LogP contribution in [-0.4, -0.2) is 9.97 Å². The molecule has 100 valence electrons. The lowest BCUT2D eigenvalue weighted by atomic mass is 10.1. The molecule has 2 heterocycles. The number of benzene rings is 1. The summed E-state index contributed by atoms with van der Waals surface area (Å²) >= 11 is 1.66. The van der Waals surface area contributed by atoms with Gasteiger partial charge in [0.2, 0.25) is 0 Å². The summed E-state index contributed by atoms with van der Waals surface area (Å²) in [5, 5.41) is 3.12. The predicted molar refractivity (Wildman–Crippen MR) is 82.5 cm³/mol. The molecule has 0 aliphatic heterocycles. The van der Waals surface area contributed by atoms with E-state index in [2.05, 4.69) is 22.5 Å². The van der Waals surface area contributed by atoms with Crippen molar-refractivity contribution in [3.05, 3.63) is 71.0 Å². The lowest BCUT2D eigenvalue weighted by molar-refractivity contribution is 1.03. The number of nitrogens with zero attached hydrogens (tertiary/aromatic N) is 2. The second-order valence-electron chi connectivity index (χ2n) is 4.50. The first kappa shape index (κ1) is 13.0.